The number of rotatable bonds is 7. The Hall–Kier alpha value is -2.08. The molecule has 1 aromatic carbocycles. The first-order chi connectivity index (χ1) is 11.7. The lowest BCUT2D eigenvalue weighted by Gasteiger charge is -2.17. The van der Waals surface area contributed by atoms with Crippen LogP contribution in [0, 0.1) is 11.8 Å². The van der Waals surface area contributed by atoms with Gasteiger partial charge in [0.15, 0.2) is 0 Å². The Morgan fingerprint density at radius 3 is 2.46 bits per heavy atom. The van der Waals surface area contributed by atoms with Crippen LogP contribution in [0.1, 0.15) is 19.3 Å². The van der Waals surface area contributed by atoms with E-state index in [9.17, 15) is 9.59 Å². The van der Waals surface area contributed by atoms with Crippen LogP contribution < -0.4 is 15.5 Å². The van der Waals surface area contributed by atoms with Crippen molar-refractivity contribution in [1.82, 2.24) is 5.32 Å². The number of hydrogen-bond donors (Lipinski definition) is 2. The topological polar surface area (TPSA) is 70.7 Å². The second-order valence-electron chi connectivity index (χ2n) is 6.46. The first kappa shape index (κ1) is 16.8. The van der Waals surface area contributed by atoms with Crippen LogP contribution in [0.15, 0.2) is 24.3 Å². The molecular formula is C18H25N3O3. The maximum absolute atomic E-state index is 12.2. The van der Waals surface area contributed by atoms with Crippen molar-refractivity contribution in [2.24, 2.45) is 11.8 Å². The molecule has 1 aromatic rings. The molecule has 1 heterocycles. The van der Waals surface area contributed by atoms with Crippen LogP contribution in [0.3, 0.4) is 0 Å². The van der Waals surface area contributed by atoms with E-state index in [1.807, 2.05) is 24.3 Å². The fraction of sp³-hybridized carbons (Fsp3) is 0.556. The Morgan fingerprint density at radius 1 is 1.12 bits per heavy atom. The molecule has 0 radical (unpaired) electrons. The highest BCUT2D eigenvalue weighted by Crippen LogP contribution is 2.39. The van der Waals surface area contributed by atoms with Crippen LogP contribution in [0.25, 0.3) is 0 Å². The van der Waals surface area contributed by atoms with Gasteiger partial charge in [-0.3, -0.25) is 9.59 Å². The summed E-state index contributed by atoms with van der Waals surface area (Å²) in [7, 11) is 1.59. The molecular weight excluding hydrogens is 306 g/mol. The van der Waals surface area contributed by atoms with Crippen LogP contribution >= 0.6 is 0 Å². The summed E-state index contributed by atoms with van der Waals surface area (Å²) in [5, 5.41) is 5.70. The number of carbonyl (C=O) groups is 2. The molecule has 6 nitrogen and oxygen atoms in total. The number of amides is 2. The summed E-state index contributed by atoms with van der Waals surface area (Å²) in [4.78, 5) is 26.5. The molecule has 0 aromatic heterocycles. The van der Waals surface area contributed by atoms with E-state index >= 15 is 0 Å². The Balaban J connectivity index is 1.46. The molecule has 2 amide bonds. The highest BCUT2D eigenvalue weighted by Gasteiger charge is 2.47. The molecule has 2 atom stereocenters. The quantitative estimate of drug-likeness (QED) is 0.745. The molecule has 2 N–H and O–H groups in total. The van der Waals surface area contributed by atoms with E-state index in [-0.39, 0.29) is 23.7 Å². The third-order valence-electron chi connectivity index (χ3n) is 4.68. The van der Waals surface area contributed by atoms with E-state index in [0.29, 0.717) is 19.6 Å². The first-order valence-electron chi connectivity index (χ1n) is 8.61. The van der Waals surface area contributed by atoms with Crippen LogP contribution in [0.4, 0.5) is 11.4 Å². The SMILES string of the molecule is COCCNC(=O)C1CC1C(=O)Nc1ccc(N2CCCC2)cc1. The van der Waals surface area contributed by atoms with Crippen molar-refractivity contribution in [3.8, 4) is 0 Å². The van der Waals surface area contributed by atoms with Crippen LogP contribution in [0.2, 0.25) is 0 Å². The molecule has 2 unspecified atom stereocenters. The van der Waals surface area contributed by atoms with Crippen LogP contribution in [0.5, 0.6) is 0 Å². The lowest BCUT2D eigenvalue weighted by molar-refractivity contribution is -0.125. The number of methoxy groups -OCH3 is 1. The maximum Gasteiger partial charge on any atom is 0.228 e. The van der Waals surface area contributed by atoms with Crippen molar-refractivity contribution in [3.05, 3.63) is 24.3 Å². The number of carbonyl (C=O) groups excluding carboxylic acids is 2. The van der Waals surface area contributed by atoms with Gasteiger partial charge in [0.05, 0.1) is 18.4 Å². The van der Waals surface area contributed by atoms with Gasteiger partial charge in [-0.05, 0) is 43.5 Å². The van der Waals surface area contributed by atoms with Crippen LogP contribution in [-0.2, 0) is 14.3 Å². The van der Waals surface area contributed by atoms with Crippen LogP contribution in [-0.4, -0.2) is 45.2 Å². The zero-order valence-electron chi connectivity index (χ0n) is 14.1. The third-order valence-corrected chi connectivity index (χ3v) is 4.68. The normalized spacial score (nSPS) is 22.3. The molecule has 130 valence electrons. The lowest BCUT2D eigenvalue weighted by atomic mass is 10.2. The Morgan fingerprint density at radius 2 is 1.79 bits per heavy atom. The summed E-state index contributed by atoms with van der Waals surface area (Å²) < 4.78 is 4.89. The molecule has 2 fully saturated rings. The van der Waals surface area contributed by atoms with Gasteiger partial charge in [-0.2, -0.15) is 0 Å². The van der Waals surface area contributed by atoms with Gasteiger partial charge in [-0.1, -0.05) is 0 Å². The van der Waals surface area contributed by atoms with E-state index in [1.165, 1.54) is 18.5 Å². The van der Waals surface area contributed by atoms with E-state index in [4.69, 9.17) is 4.74 Å². The van der Waals surface area contributed by atoms with Gasteiger partial charge < -0.3 is 20.3 Å². The first-order valence-corrected chi connectivity index (χ1v) is 8.61. The Labute approximate surface area is 142 Å². The number of hydrogen-bond acceptors (Lipinski definition) is 4. The highest BCUT2D eigenvalue weighted by molar-refractivity contribution is 5.99. The second-order valence-corrected chi connectivity index (χ2v) is 6.46. The zero-order chi connectivity index (χ0) is 16.9. The molecule has 0 bridgehead atoms. The zero-order valence-corrected chi connectivity index (χ0v) is 14.1. The van der Waals surface area contributed by atoms with Gasteiger partial charge in [0, 0.05) is 38.1 Å². The number of anilines is 2. The van der Waals surface area contributed by atoms with Gasteiger partial charge >= 0.3 is 0 Å². The summed E-state index contributed by atoms with van der Waals surface area (Å²) in [6, 6.07) is 7.95. The summed E-state index contributed by atoms with van der Waals surface area (Å²) in [5.41, 5.74) is 1.99. The van der Waals surface area contributed by atoms with E-state index in [1.54, 1.807) is 7.11 Å². The van der Waals surface area contributed by atoms with Gasteiger partial charge in [0.25, 0.3) is 0 Å². The average molecular weight is 331 g/mol. The summed E-state index contributed by atoms with van der Waals surface area (Å²) in [6.45, 7) is 3.18. The minimum Gasteiger partial charge on any atom is -0.383 e. The molecule has 1 saturated heterocycles. The van der Waals surface area contributed by atoms with Crippen molar-refractivity contribution in [2.75, 3.05) is 43.6 Å². The number of nitrogens with zero attached hydrogens (tertiary/aromatic N) is 1. The fourth-order valence-corrected chi connectivity index (χ4v) is 3.15. The van der Waals surface area contributed by atoms with Gasteiger partial charge in [0.2, 0.25) is 11.8 Å². The predicted octanol–water partition coefficient (Wildman–Crippen LogP) is 1.62. The van der Waals surface area contributed by atoms with Crippen molar-refractivity contribution in [2.45, 2.75) is 19.3 Å². The van der Waals surface area contributed by atoms with E-state index in [2.05, 4.69) is 15.5 Å². The monoisotopic (exact) mass is 331 g/mol. The van der Waals surface area contributed by atoms with Crippen molar-refractivity contribution < 1.29 is 14.3 Å². The predicted molar refractivity (Wildman–Crippen MR) is 93.0 cm³/mol. The minimum atomic E-state index is -0.217. The summed E-state index contributed by atoms with van der Waals surface area (Å²) in [6.07, 6.45) is 3.11. The molecule has 1 aliphatic carbocycles. The number of benzene rings is 1. The molecule has 1 saturated carbocycles. The standard InChI is InChI=1S/C18H25N3O3/c1-24-11-8-19-17(22)15-12-16(15)18(23)20-13-4-6-14(7-5-13)21-9-2-3-10-21/h4-7,15-16H,2-3,8-12H2,1H3,(H,19,22)(H,20,23). The Bertz CT molecular complexity index is 582. The molecule has 24 heavy (non-hydrogen) atoms. The van der Waals surface area contributed by atoms with Gasteiger partial charge in [-0.15, -0.1) is 0 Å². The molecule has 1 aliphatic heterocycles. The highest BCUT2D eigenvalue weighted by atomic mass is 16.5. The fourth-order valence-electron chi connectivity index (χ4n) is 3.15. The Kier molecular flexibility index (Phi) is 5.35. The number of nitrogens with one attached hydrogen (secondary N) is 2. The molecule has 6 heteroatoms. The van der Waals surface area contributed by atoms with Gasteiger partial charge in [0.1, 0.15) is 0 Å². The largest absolute Gasteiger partial charge is 0.383 e. The molecule has 0 spiro atoms. The smallest absolute Gasteiger partial charge is 0.228 e. The second kappa shape index (κ2) is 7.66. The van der Waals surface area contributed by atoms with Crippen molar-refractivity contribution in [3.63, 3.8) is 0 Å². The van der Waals surface area contributed by atoms with E-state index in [0.717, 1.165) is 18.8 Å². The molecule has 2 aliphatic rings. The third kappa shape index (κ3) is 4.06. The number of ether oxygens (including phenoxy) is 1. The average Bonchev–Trinajstić information content (AvgIpc) is 3.22. The summed E-state index contributed by atoms with van der Waals surface area (Å²) in [5.74, 6) is -0.552. The lowest BCUT2D eigenvalue weighted by Crippen LogP contribution is -2.30. The van der Waals surface area contributed by atoms with Gasteiger partial charge in [-0.25, -0.2) is 0 Å². The maximum atomic E-state index is 12.2. The van der Waals surface area contributed by atoms with E-state index < -0.39 is 0 Å². The minimum absolute atomic E-state index is 0.0587. The molecule has 3 rings (SSSR count). The summed E-state index contributed by atoms with van der Waals surface area (Å²) >= 11 is 0. The van der Waals surface area contributed by atoms with Crippen molar-refractivity contribution >= 4 is 23.2 Å². The van der Waals surface area contributed by atoms with Crippen molar-refractivity contribution in [1.29, 1.82) is 0 Å².